The fourth-order valence-corrected chi connectivity index (χ4v) is 16.1. The van der Waals surface area contributed by atoms with Gasteiger partial charge in [0.1, 0.15) is 14.7 Å². The maximum Gasteiger partial charge on any atom is 0.267 e. The molecule has 3 aromatic rings. The maximum absolute atomic E-state index is 13.7. The summed E-state index contributed by atoms with van der Waals surface area (Å²) in [6.07, 6.45) is 12.0. The Morgan fingerprint density at radius 2 is 0.756 bits per heavy atom. The van der Waals surface area contributed by atoms with Gasteiger partial charge in [0, 0.05) is 73.2 Å². The van der Waals surface area contributed by atoms with Crippen molar-refractivity contribution in [2.24, 2.45) is 0 Å². The minimum absolute atomic E-state index is 0.185. The minimum atomic E-state index is -4.09. The van der Waals surface area contributed by atoms with E-state index in [1.807, 2.05) is 109 Å². The van der Waals surface area contributed by atoms with Crippen molar-refractivity contribution in [3.63, 3.8) is 0 Å². The van der Waals surface area contributed by atoms with Gasteiger partial charge in [0.15, 0.2) is 34.5 Å². The standard InChI is InChI=1S/2C23H42N2O4S.C19H30N2O4S.2C2H6/c1-20(2,3)24(21(4,5)6)15-16-13-17(26)19(27)18(14-16)30(28,29)25(22(7,8)9)23(10,11)12;1-5-9-13-24(14-10-6-2)19-20-17-21(26)23(27)22(18-20)30(28,29)25(15-11-7-3)16-12-8-4;1-7-14(5)20(9-3)13-16-11-17(22)19(23)18(12-16)26(24,25)21(10-4)15(6)8-2;2*1-2/h13-14,26-27H,15H2,1-12H3;17-18,26-27H,5-16,19H2,1-4H3;9-12,14-15,22-23H,3-4,7-8,13H2,1-2,5-6H3;2*1-2H3. The van der Waals surface area contributed by atoms with Crippen LogP contribution in [0, 0.1) is 0 Å². The normalized spacial score (nSPS) is 13.0. The van der Waals surface area contributed by atoms with Crippen LogP contribution in [0.4, 0.5) is 0 Å². The van der Waals surface area contributed by atoms with Crippen LogP contribution >= 0.6 is 0 Å². The smallest absolute Gasteiger partial charge is 0.267 e. The Morgan fingerprint density at radius 1 is 0.433 bits per heavy atom. The van der Waals surface area contributed by atoms with Crippen molar-refractivity contribution in [2.75, 3.05) is 26.2 Å². The summed E-state index contributed by atoms with van der Waals surface area (Å²) in [6, 6.07) is 8.59. The Bertz CT molecular complexity index is 2920. The van der Waals surface area contributed by atoms with E-state index < -0.39 is 69.9 Å². The molecule has 6 N–H and O–H groups in total. The average molecular weight is 1330 g/mol. The zero-order chi connectivity index (χ0) is 70.7. The van der Waals surface area contributed by atoms with E-state index in [9.17, 15) is 55.9 Å². The molecule has 0 amide bonds. The third-order valence-corrected chi connectivity index (χ3v) is 21.0. The second-order valence-corrected chi connectivity index (χ2v) is 31.9. The number of rotatable bonds is 30. The molecular weight excluding hydrogens is 1200 g/mol. The number of hydrogen-bond acceptors (Lipinski definition) is 15. The number of phenolic OH excluding ortho intramolecular Hbond substituents is 6. The lowest BCUT2D eigenvalue weighted by Crippen LogP contribution is -2.55. The molecule has 2 atom stereocenters. The largest absolute Gasteiger partial charge is 0.504 e. The van der Waals surface area contributed by atoms with Gasteiger partial charge in [-0.3, -0.25) is 14.1 Å². The molecule has 0 saturated carbocycles. The average Bonchev–Trinajstić information content (AvgIpc) is 0.772. The van der Waals surface area contributed by atoms with Gasteiger partial charge in [-0.1, -0.05) is 108 Å². The summed E-state index contributed by atoms with van der Waals surface area (Å²) in [4.78, 5) is 5.68. The van der Waals surface area contributed by atoms with Gasteiger partial charge in [0.25, 0.3) is 10.0 Å². The van der Waals surface area contributed by atoms with E-state index in [4.69, 9.17) is 0 Å². The van der Waals surface area contributed by atoms with Crippen LogP contribution in [0.15, 0.2) is 76.6 Å². The quantitative estimate of drug-likeness (QED) is 0.0340. The Labute approximate surface area is 548 Å². The molecule has 3 rings (SSSR count). The van der Waals surface area contributed by atoms with Crippen LogP contribution in [0.3, 0.4) is 0 Å². The second-order valence-electron chi connectivity index (χ2n) is 26.4. The van der Waals surface area contributed by atoms with E-state index in [1.54, 1.807) is 19.2 Å². The summed E-state index contributed by atoms with van der Waals surface area (Å²) < 4.78 is 83.9. The van der Waals surface area contributed by atoms with Crippen LogP contribution < -0.4 is 0 Å². The number of hydrogen-bond donors (Lipinski definition) is 6. The van der Waals surface area contributed by atoms with Crippen molar-refractivity contribution in [3.05, 3.63) is 78.6 Å². The summed E-state index contributed by atoms with van der Waals surface area (Å²) in [5.74, 6) is -3.10. The first-order valence-electron chi connectivity index (χ1n) is 32.7. The molecule has 0 aliphatic carbocycles. The van der Waals surface area contributed by atoms with E-state index in [0.29, 0.717) is 55.8 Å². The van der Waals surface area contributed by atoms with Gasteiger partial charge >= 0.3 is 0 Å². The topological polar surface area (TPSA) is 243 Å². The fraction of sp³-hybridized carbons (Fsp3) is 0.681. The van der Waals surface area contributed by atoms with Crippen molar-refractivity contribution in [2.45, 2.75) is 299 Å². The van der Waals surface area contributed by atoms with E-state index in [1.165, 1.54) is 45.1 Å². The first-order valence-corrected chi connectivity index (χ1v) is 37.0. The Hall–Kier alpha value is -4.77. The van der Waals surface area contributed by atoms with Gasteiger partial charge in [0.2, 0.25) is 20.0 Å². The molecule has 0 spiro atoms. The van der Waals surface area contributed by atoms with Gasteiger partial charge in [0.05, 0.1) is 0 Å². The van der Waals surface area contributed by atoms with Crippen LogP contribution in [0.1, 0.15) is 247 Å². The molecule has 0 saturated heterocycles. The fourth-order valence-electron chi connectivity index (χ4n) is 10.4. The van der Waals surface area contributed by atoms with Gasteiger partial charge < -0.3 is 35.5 Å². The molecule has 0 aliphatic heterocycles. The van der Waals surface area contributed by atoms with E-state index >= 15 is 0 Å². The van der Waals surface area contributed by atoms with E-state index in [0.717, 1.165) is 75.2 Å². The minimum Gasteiger partial charge on any atom is -0.504 e. The molecule has 0 radical (unpaired) electrons. The monoisotopic (exact) mass is 1330 g/mol. The summed E-state index contributed by atoms with van der Waals surface area (Å²) in [6.45, 7) is 58.9. The van der Waals surface area contributed by atoms with E-state index in [2.05, 4.69) is 78.3 Å². The third-order valence-electron chi connectivity index (χ3n) is 14.8. The predicted molar refractivity (Wildman–Crippen MR) is 374 cm³/mol. The van der Waals surface area contributed by atoms with Gasteiger partial charge in [-0.15, -0.1) is 0 Å². The molecule has 0 aliphatic rings. The van der Waals surface area contributed by atoms with Crippen LogP contribution in [-0.4, -0.2) is 144 Å². The van der Waals surface area contributed by atoms with Crippen LogP contribution in [0.5, 0.6) is 34.5 Å². The zero-order valence-electron chi connectivity index (χ0n) is 60.2. The number of benzene rings is 3. The van der Waals surface area contributed by atoms with Gasteiger partial charge in [-0.2, -0.15) is 8.61 Å². The number of sulfonamides is 3. The molecule has 21 heteroatoms. The molecule has 90 heavy (non-hydrogen) atoms. The molecule has 522 valence electrons. The Balaban J connectivity index is 0. The van der Waals surface area contributed by atoms with Crippen molar-refractivity contribution in [1.82, 2.24) is 27.6 Å². The highest BCUT2D eigenvalue weighted by atomic mass is 32.2. The lowest BCUT2D eigenvalue weighted by atomic mass is 9.95. The Kier molecular flexibility index (Phi) is 37.9. The molecule has 0 bridgehead atoms. The lowest BCUT2D eigenvalue weighted by Gasteiger charge is -2.45. The summed E-state index contributed by atoms with van der Waals surface area (Å²) >= 11 is 0. The highest BCUT2D eigenvalue weighted by Crippen LogP contribution is 2.42. The lowest BCUT2D eigenvalue weighted by molar-refractivity contribution is 0.0297. The van der Waals surface area contributed by atoms with Gasteiger partial charge in [-0.25, -0.2) is 25.3 Å². The summed E-state index contributed by atoms with van der Waals surface area (Å²) in [5.41, 5.74) is 0.0721. The highest BCUT2D eigenvalue weighted by molar-refractivity contribution is 7.90. The molecule has 0 heterocycles. The number of aromatic hydroxyl groups is 6. The van der Waals surface area contributed by atoms with E-state index in [-0.39, 0.29) is 43.6 Å². The first kappa shape index (κ1) is 87.3. The molecule has 18 nitrogen and oxygen atoms in total. The van der Waals surface area contributed by atoms with Crippen molar-refractivity contribution < 1.29 is 55.9 Å². The maximum atomic E-state index is 13.7. The van der Waals surface area contributed by atoms with Crippen molar-refractivity contribution in [1.29, 1.82) is 0 Å². The SMILES string of the molecule is C=CN(Cc1cc(O)c(O)c(S(=O)(=O)N(C=C)C(C)CC)c1)C(C)CC.CC.CC.CC(C)(C)N(Cc1cc(O)c(O)c(S(=O)(=O)N(C(C)(C)C)C(C)(C)C)c1)C(C)(C)C.CCCCN(CCCC)Cc1cc(O)c(O)c(S(=O)(=O)N(CCCC)CCCC)c1. The predicted octanol–water partition coefficient (Wildman–Crippen LogP) is 16.0. The summed E-state index contributed by atoms with van der Waals surface area (Å²) in [5, 5.41) is 61.9. The number of nitrogens with zero attached hydrogens (tertiary/aromatic N) is 6. The van der Waals surface area contributed by atoms with Crippen molar-refractivity contribution in [3.8, 4) is 34.5 Å². The second kappa shape index (κ2) is 39.1. The molecule has 0 aromatic heterocycles. The van der Waals surface area contributed by atoms with Gasteiger partial charge in [-0.05, 0) is 208 Å². The van der Waals surface area contributed by atoms with Crippen LogP contribution in [0.25, 0.3) is 0 Å². The third kappa shape index (κ3) is 26.0. The molecular formula is C69H126N6O12S3. The zero-order valence-corrected chi connectivity index (χ0v) is 62.7. The molecule has 0 fully saturated rings. The number of phenols is 6. The molecule has 2 unspecified atom stereocenters. The van der Waals surface area contributed by atoms with Crippen molar-refractivity contribution >= 4 is 30.1 Å². The summed E-state index contributed by atoms with van der Waals surface area (Å²) in [7, 11) is -12.0. The van der Waals surface area contributed by atoms with Crippen LogP contribution in [-0.2, 0) is 49.7 Å². The first-order chi connectivity index (χ1) is 41.4. The molecule has 3 aromatic carbocycles. The Morgan fingerprint density at radius 3 is 1.07 bits per heavy atom. The van der Waals surface area contributed by atoms with Crippen LogP contribution in [0.2, 0.25) is 0 Å². The highest BCUT2D eigenvalue weighted by Gasteiger charge is 2.44. The number of unbranched alkanes of at least 4 members (excludes halogenated alkanes) is 4.